The maximum atomic E-state index is 12.4. The normalized spacial score (nSPS) is 21.2. The summed E-state index contributed by atoms with van der Waals surface area (Å²) in [5.41, 5.74) is 1.82. The molecule has 0 radical (unpaired) electrons. The fraction of sp³-hybridized carbons (Fsp3) is 0.357. The second-order valence-electron chi connectivity index (χ2n) is 4.99. The first-order valence-corrected chi connectivity index (χ1v) is 6.54. The first-order valence-electron chi connectivity index (χ1n) is 6.54. The van der Waals surface area contributed by atoms with Crippen LogP contribution in [0, 0.1) is 0 Å². The van der Waals surface area contributed by atoms with Gasteiger partial charge in [0, 0.05) is 12.2 Å². The number of likely N-dealkylation sites (tertiary alicyclic amines) is 1. The summed E-state index contributed by atoms with van der Waals surface area (Å²) >= 11 is 0. The number of hydrogen-bond donors (Lipinski definition) is 1. The summed E-state index contributed by atoms with van der Waals surface area (Å²) in [6.07, 6.45) is 1.59. The van der Waals surface area contributed by atoms with Crippen LogP contribution in [0.3, 0.4) is 0 Å². The number of hydrogen-bond acceptors (Lipinski definition) is 3. The molecule has 20 heavy (non-hydrogen) atoms. The van der Waals surface area contributed by atoms with Gasteiger partial charge in [0.25, 0.3) is 0 Å². The van der Waals surface area contributed by atoms with Crippen LogP contribution in [0.15, 0.2) is 24.3 Å². The zero-order valence-corrected chi connectivity index (χ0v) is 10.8. The van der Waals surface area contributed by atoms with Gasteiger partial charge in [-0.05, 0) is 24.5 Å². The highest BCUT2D eigenvalue weighted by Gasteiger charge is 2.47. The Morgan fingerprint density at radius 1 is 1.25 bits per heavy atom. The van der Waals surface area contributed by atoms with Gasteiger partial charge in [-0.3, -0.25) is 9.69 Å². The Labute approximate surface area is 115 Å². The largest absolute Gasteiger partial charge is 0.480 e. The zero-order chi connectivity index (χ0) is 14.3. The van der Waals surface area contributed by atoms with Crippen molar-refractivity contribution in [3.05, 3.63) is 29.8 Å². The third kappa shape index (κ3) is 1.84. The van der Waals surface area contributed by atoms with E-state index >= 15 is 0 Å². The van der Waals surface area contributed by atoms with E-state index in [2.05, 4.69) is 0 Å². The van der Waals surface area contributed by atoms with E-state index in [4.69, 9.17) is 5.11 Å². The lowest BCUT2D eigenvalue weighted by atomic mass is 10.00. The third-order valence-corrected chi connectivity index (χ3v) is 3.78. The molecule has 0 spiro atoms. The van der Waals surface area contributed by atoms with Crippen LogP contribution in [0.5, 0.6) is 0 Å². The monoisotopic (exact) mass is 274 g/mol. The number of aryl methyl sites for hydroxylation is 1. The van der Waals surface area contributed by atoms with Crippen LogP contribution < -0.4 is 4.90 Å². The second-order valence-corrected chi connectivity index (χ2v) is 4.99. The molecule has 0 saturated carbocycles. The number of urea groups is 1. The van der Waals surface area contributed by atoms with Gasteiger partial charge in [0.1, 0.15) is 6.04 Å². The van der Waals surface area contributed by atoms with Crippen molar-refractivity contribution < 1.29 is 19.5 Å². The smallest absolute Gasteiger partial charge is 0.332 e. The van der Waals surface area contributed by atoms with Gasteiger partial charge in [0.05, 0.1) is 6.42 Å². The first-order chi connectivity index (χ1) is 9.59. The molecule has 6 heteroatoms. The van der Waals surface area contributed by atoms with Crippen molar-refractivity contribution in [2.75, 3.05) is 11.4 Å². The number of aliphatic carboxylic acids is 1. The Hall–Kier alpha value is -2.37. The van der Waals surface area contributed by atoms with Gasteiger partial charge in [-0.1, -0.05) is 18.2 Å². The SMILES string of the molecule is O=C(O)C1CC(=O)N1C(=O)N1CCCc2ccccc21. The first kappa shape index (κ1) is 12.7. The molecule has 1 unspecified atom stereocenters. The zero-order valence-electron chi connectivity index (χ0n) is 10.8. The molecule has 1 fully saturated rings. The Kier molecular flexibility index (Phi) is 2.93. The summed E-state index contributed by atoms with van der Waals surface area (Å²) in [5.74, 6) is -1.56. The van der Waals surface area contributed by atoms with Gasteiger partial charge in [-0.15, -0.1) is 0 Å². The summed E-state index contributed by atoms with van der Waals surface area (Å²) < 4.78 is 0. The Morgan fingerprint density at radius 2 is 2.00 bits per heavy atom. The minimum atomic E-state index is -1.14. The molecule has 6 nitrogen and oxygen atoms in total. The number of carbonyl (C=O) groups is 3. The van der Waals surface area contributed by atoms with Gasteiger partial charge < -0.3 is 5.11 Å². The minimum absolute atomic E-state index is 0.101. The number of β-lactam (4-membered cyclic amide) rings is 1. The molecule has 1 saturated heterocycles. The number of amides is 3. The average Bonchev–Trinajstić information content (AvgIpc) is 2.43. The van der Waals surface area contributed by atoms with Crippen molar-refractivity contribution in [3.8, 4) is 0 Å². The van der Waals surface area contributed by atoms with E-state index in [9.17, 15) is 14.4 Å². The summed E-state index contributed by atoms with van der Waals surface area (Å²) in [6, 6.07) is 5.96. The molecule has 2 aliphatic rings. The second kappa shape index (κ2) is 4.63. The van der Waals surface area contributed by atoms with Crippen molar-refractivity contribution >= 4 is 23.6 Å². The minimum Gasteiger partial charge on any atom is -0.480 e. The molecule has 3 rings (SSSR count). The van der Waals surface area contributed by atoms with Crippen molar-refractivity contribution in [2.24, 2.45) is 0 Å². The quantitative estimate of drug-likeness (QED) is 0.782. The number of carbonyl (C=O) groups excluding carboxylic acids is 2. The summed E-state index contributed by atoms with van der Waals surface area (Å²) in [5, 5.41) is 9.00. The molecule has 0 bridgehead atoms. The number of benzene rings is 1. The Balaban J connectivity index is 1.89. The van der Waals surface area contributed by atoms with Gasteiger partial charge in [-0.2, -0.15) is 0 Å². The van der Waals surface area contributed by atoms with E-state index in [1.807, 2.05) is 24.3 Å². The number of rotatable bonds is 1. The van der Waals surface area contributed by atoms with Gasteiger partial charge in [0.2, 0.25) is 5.91 Å². The van der Waals surface area contributed by atoms with Gasteiger partial charge in [0.15, 0.2) is 0 Å². The molecule has 1 N–H and O–H groups in total. The highest BCUT2D eigenvalue weighted by atomic mass is 16.4. The maximum Gasteiger partial charge on any atom is 0.332 e. The topological polar surface area (TPSA) is 77.9 Å². The van der Waals surface area contributed by atoms with E-state index in [-0.39, 0.29) is 6.42 Å². The van der Waals surface area contributed by atoms with Crippen LogP contribution in [0.25, 0.3) is 0 Å². The number of imide groups is 1. The molecule has 0 aliphatic carbocycles. The van der Waals surface area contributed by atoms with E-state index < -0.39 is 23.9 Å². The fourth-order valence-corrected chi connectivity index (χ4v) is 2.72. The molecule has 1 aromatic rings. The Morgan fingerprint density at radius 3 is 2.70 bits per heavy atom. The lowest BCUT2D eigenvalue weighted by Crippen LogP contribution is -2.63. The molecular formula is C14H14N2O4. The van der Waals surface area contributed by atoms with E-state index in [1.165, 1.54) is 4.90 Å². The van der Waals surface area contributed by atoms with Crippen LogP contribution in [0.4, 0.5) is 10.5 Å². The molecule has 2 heterocycles. The van der Waals surface area contributed by atoms with Crippen molar-refractivity contribution in [2.45, 2.75) is 25.3 Å². The van der Waals surface area contributed by atoms with E-state index in [0.29, 0.717) is 6.54 Å². The Bertz CT molecular complexity index is 599. The molecule has 2 aliphatic heterocycles. The lowest BCUT2D eigenvalue weighted by Gasteiger charge is -2.40. The standard InChI is InChI=1S/C14H14N2O4/c17-12-8-11(13(18)19)16(12)14(20)15-7-3-5-9-4-1-2-6-10(9)15/h1-2,4,6,11H,3,5,7-8H2,(H,18,19). The van der Waals surface area contributed by atoms with Crippen LogP contribution in [-0.2, 0) is 16.0 Å². The van der Waals surface area contributed by atoms with Crippen LogP contribution in [-0.4, -0.2) is 40.5 Å². The van der Waals surface area contributed by atoms with Crippen LogP contribution in [0.2, 0.25) is 0 Å². The molecule has 3 amide bonds. The number of fused-ring (bicyclic) bond motifs is 1. The van der Waals surface area contributed by atoms with Crippen molar-refractivity contribution in [3.63, 3.8) is 0 Å². The van der Waals surface area contributed by atoms with Crippen LogP contribution >= 0.6 is 0 Å². The molecule has 104 valence electrons. The number of carboxylic acids is 1. The maximum absolute atomic E-state index is 12.4. The summed E-state index contributed by atoms with van der Waals surface area (Å²) in [4.78, 5) is 37.4. The molecule has 0 aromatic heterocycles. The highest BCUT2D eigenvalue weighted by Crippen LogP contribution is 2.30. The number of para-hydroxylation sites is 1. The predicted molar refractivity (Wildman–Crippen MR) is 70.4 cm³/mol. The van der Waals surface area contributed by atoms with E-state index in [0.717, 1.165) is 29.0 Å². The van der Waals surface area contributed by atoms with E-state index in [1.54, 1.807) is 0 Å². The van der Waals surface area contributed by atoms with Crippen LogP contribution in [0.1, 0.15) is 18.4 Å². The third-order valence-electron chi connectivity index (χ3n) is 3.78. The van der Waals surface area contributed by atoms with Gasteiger partial charge >= 0.3 is 12.0 Å². The molecular weight excluding hydrogens is 260 g/mol. The summed E-state index contributed by atoms with van der Waals surface area (Å²) in [7, 11) is 0. The predicted octanol–water partition coefficient (Wildman–Crippen LogP) is 1.24. The number of carboxylic acid groups (broad SMARTS) is 1. The molecule has 1 atom stereocenters. The highest BCUT2D eigenvalue weighted by molar-refractivity contribution is 6.10. The lowest BCUT2D eigenvalue weighted by molar-refractivity contribution is -0.157. The molecule has 1 aromatic carbocycles. The van der Waals surface area contributed by atoms with Crippen molar-refractivity contribution in [1.29, 1.82) is 0 Å². The number of anilines is 1. The summed E-state index contributed by atoms with van der Waals surface area (Å²) in [6.45, 7) is 0.506. The average molecular weight is 274 g/mol. The fourth-order valence-electron chi connectivity index (χ4n) is 2.72. The van der Waals surface area contributed by atoms with Crippen molar-refractivity contribution in [1.82, 2.24) is 4.90 Å². The number of nitrogens with zero attached hydrogens (tertiary/aromatic N) is 2. The van der Waals surface area contributed by atoms with Gasteiger partial charge in [-0.25, -0.2) is 14.5 Å².